The smallest absolute Gasteiger partial charge is 0.139 e. The summed E-state index contributed by atoms with van der Waals surface area (Å²) in [5.74, 6) is 5.83. The fourth-order valence-electron chi connectivity index (χ4n) is 5.05. The van der Waals surface area contributed by atoms with Crippen LogP contribution in [0.15, 0.2) is 121 Å². The van der Waals surface area contributed by atoms with E-state index in [2.05, 4.69) is 104 Å². The molecule has 192 valence electrons. The van der Waals surface area contributed by atoms with E-state index in [1.165, 1.54) is 33.0 Å². The summed E-state index contributed by atoms with van der Waals surface area (Å²) in [5.41, 5.74) is 11.2. The maximum Gasteiger partial charge on any atom is 0.139 e. The highest BCUT2D eigenvalue weighted by Gasteiger charge is 2.09. The highest BCUT2D eigenvalue weighted by molar-refractivity contribution is 5.91. The minimum atomic E-state index is -0.293. The number of hydrogen-bond acceptors (Lipinski definition) is 0. The number of halogens is 1. The van der Waals surface area contributed by atoms with Crippen molar-refractivity contribution in [1.29, 1.82) is 0 Å². The lowest BCUT2D eigenvalue weighted by molar-refractivity contribution is 0.623. The maximum atomic E-state index is 15.1. The Hall–Kier alpha value is -4.93. The molecule has 0 amide bonds. The van der Waals surface area contributed by atoms with Crippen LogP contribution in [-0.4, -0.2) is 0 Å². The molecule has 0 heterocycles. The van der Waals surface area contributed by atoms with Crippen molar-refractivity contribution in [2.75, 3.05) is 0 Å². The average Bonchev–Trinajstić information content (AvgIpc) is 2.97. The summed E-state index contributed by atoms with van der Waals surface area (Å²) in [4.78, 5) is 0. The fourth-order valence-corrected chi connectivity index (χ4v) is 5.05. The van der Waals surface area contributed by atoms with Crippen molar-refractivity contribution in [3.63, 3.8) is 0 Å². The van der Waals surface area contributed by atoms with E-state index in [9.17, 15) is 0 Å². The second-order valence-corrected chi connectivity index (χ2v) is 10.5. The lowest BCUT2D eigenvalue weighted by Gasteiger charge is -2.10. The van der Waals surface area contributed by atoms with Gasteiger partial charge in [-0.05, 0) is 107 Å². The molecule has 0 saturated carbocycles. The lowest BCUT2D eigenvalue weighted by atomic mass is 9.95. The van der Waals surface area contributed by atoms with Crippen molar-refractivity contribution in [2.45, 2.75) is 20.8 Å². The Morgan fingerprint density at radius 3 is 1.40 bits per heavy atom. The van der Waals surface area contributed by atoms with E-state index in [1.807, 2.05) is 44.2 Å². The SMILES string of the molecule is Cc1ccc(C#Cc2c(C)cc(-c3ccc(-c4ccc5cc(-c6ccc(C)cc6)ccc5c4)cc3)cc2F)cc1. The number of fused-ring (bicyclic) bond motifs is 1. The predicted molar refractivity (Wildman–Crippen MR) is 167 cm³/mol. The average molecular weight is 517 g/mol. The number of rotatable bonds is 3. The molecule has 0 spiro atoms. The minimum Gasteiger partial charge on any atom is -0.206 e. The first-order chi connectivity index (χ1) is 19.4. The zero-order valence-electron chi connectivity index (χ0n) is 22.9. The second-order valence-electron chi connectivity index (χ2n) is 10.5. The van der Waals surface area contributed by atoms with E-state index in [1.54, 1.807) is 6.07 Å². The fraction of sp³-hybridized carbons (Fsp3) is 0.0769. The predicted octanol–water partition coefficient (Wildman–Crippen LogP) is 10.3. The van der Waals surface area contributed by atoms with E-state index in [-0.39, 0.29) is 5.82 Å². The van der Waals surface area contributed by atoms with Gasteiger partial charge in [-0.15, -0.1) is 0 Å². The molecular weight excluding hydrogens is 487 g/mol. The zero-order chi connectivity index (χ0) is 27.6. The van der Waals surface area contributed by atoms with Gasteiger partial charge in [-0.3, -0.25) is 0 Å². The van der Waals surface area contributed by atoms with Crippen LogP contribution in [0.3, 0.4) is 0 Å². The van der Waals surface area contributed by atoms with Crippen LogP contribution < -0.4 is 0 Å². The molecule has 40 heavy (non-hydrogen) atoms. The molecule has 0 saturated heterocycles. The molecule has 0 aliphatic heterocycles. The summed E-state index contributed by atoms with van der Waals surface area (Å²) in [7, 11) is 0. The minimum absolute atomic E-state index is 0.293. The summed E-state index contributed by atoms with van der Waals surface area (Å²) in [6.07, 6.45) is 0. The number of benzene rings is 6. The summed E-state index contributed by atoms with van der Waals surface area (Å²) < 4.78 is 15.1. The van der Waals surface area contributed by atoms with E-state index in [0.29, 0.717) is 5.56 Å². The van der Waals surface area contributed by atoms with Crippen LogP contribution in [0.5, 0.6) is 0 Å². The van der Waals surface area contributed by atoms with Crippen molar-refractivity contribution < 1.29 is 4.39 Å². The van der Waals surface area contributed by atoms with Crippen LogP contribution >= 0.6 is 0 Å². The zero-order valence-corrected chi connectivity index (χ0v) is 22.9. The first-order valence-corrected chi connectivity index (χ1v) is 13.5. The lowest BCUT2D eigenvalue weighted by Crippen LogP contribution is -1.92. The van der Waals surface area contributed by atoms with Gasteiger partial charge in [0.15, 0.2) is 0 Å². The molecule has 0 fully saturated rings. The van der Waals surface area contributed by atoms with Gasteiger partial charge in [-0.25, -0.2) is 4.39 Å². The summed E-state index contributed by atoms with van der Waals surface area (Å²) in [6, 6.07) is 41.7. The Labute approximate surface area is 235 Å². The monoisotopic (exact) mass is 516 g/mol. The molecule has 0 nitrogen and oxygen atoms in total. The highest BCUT2D eigenvalue weighted by Crippen LogP contribution is 2.31. The van der Waals surface area contributed by atoms with Crippen molar-refractivity contribution >= 4 is 10.8 Å². The molecule has 0 aliphatic rings. The molecule has 0 unspecified atom stereocenters. The van der Waals surface area contributed by atoms with Crippen LogP contribution in [-0.2, 0) is 0 Å². The molecule has 0 radical (unpaired) electrons. The largest absolute Gasteiger partial charge is 0.206 e. The Bertz CT molecular complexity index is 1870. The van der Waals surface area contributed by atoms with Gasteiger partial charge in [-0.1, -0.05) is 108 Å². The van der Waals surface area contributed by atoms with Crippen LogP contribution in [0.4, 0.5) is 4.39 Å². The number of hydrogen-bond donors (Lipinski definition) is 0. The van der Waals surface area contributed by atoms with Gasteiger partial charge in [0, 0.05) is 5.56 Å². The van der Waals surface area contributed by atoms with Crippen molar-refractivity contribution in [2.24, 2.45) is 0 Å². The van der Waals surface area contributed by atoms with Crippen molar-refractivity contribution in [3.05, 3.63) is 155 Å². The molecule has 1 heteroatoms. The van der Waals surface area contributed by atoms with Crippen molar-refractivity contribution in [3.8, 4) is 45.2 Å². The molecule has 0 aliphatic carbocycles. The van der Waals surface area contributed by atoms with Crippen LogP contribution in [0.25, 0.3) is 44.2 Å². The van der Waals surface area contributed by atoms with Crippen LogP contribution in [0, 0.1) is 38.4 Å². The molecule has 0 atom stereocenters. The quantitative estimate of drug-likeness (QED) is 0.205. The van der Waals surface area contributed by atoms with E-state index in [4.69, 9.17) is 0 Å². The Morgan fingerprint density at radius 2 is 0.875 bits per heavy atom. The molecule has 0 N–H and O–H groups in total. The third kappa shape index (κ3) is 5.31. The summed E-state index contributed by atoms with van der Waals surface area (Å²) >= 11 is 0. The molecule has 6 aromatic carbocycles. The Kier molecular flexibility index (Phi) is 6.77. The normalized spacial score (nSPS) is 10.8. The van der Waals surface area contributed by atoms with Gasteiger partial charge in [0.1, 0.15) is 5.82 Å². The van der Waals surface area contributed by atoms with E-state index in [0.717, 1.165) is 33.4 Å². The third-order valence-corrected chi connectivity index (χ3v) is 7.45. The van der Waals surface area contributed by atoms with Gasteiger partial charge in [-0.2, -0.15) is 0 Å². The highest BCUT2D eigenvalue weighted by atomic mass is 19.1. The third-order valence-electron chi connectivity index (χ3n) is 7.45. The molecule has 0 bridgehead atoms. The molecular formula is C39H29F. The van der Waals surface area contributed by atoms with Gasteiger partial charge >= 0.3 is 0 Å². The topological polar surface area (TPSA) is 0 Å². The number of aryl methyl sites for hydroxylation is 3. The maximum absolute atomic E-state index is 15.1. The molecule has 6 rings (SSSR count). The van der Waals surface area contributed by atoms with Gasteiger partial charge in [0.2, 0.25) is 0 Å². The molecule has 6 aromatic rings. The van der Waals surface area contributed by atoms with Gasteiger partial charge < -0.3 is 0 Å². The van der Waals surface area contributed by atoms with Crippen LogP contribution in [0.1, 0.15) is 27.8 Å². The van der Waals surface area contributed by atoms with Crippen LogP contribution in [0.2, 0.25) is 0 Å². The Balaban J connectivity index is 1.24. The summed E-state index contributed by atoms with van der Waals surface area (Å²) in [5, 5.41) is 2.42. The Morgan fingerprint density at radius 1 is 0.425 bits per heavy atom. The van der Waals surface area contributed by atoms with E-state index < -0.39 is 0 Å². The van der Waals surface area contributed by atoms with Crippen molar-refractivity contribution in [1.82, 2.24) is 0 Å². The first kappa shape index (κ1) is 25.4. The first-order valence-electron chi connectivity index (χ1n) is 13.5. The standard InChI is InChI=1S/C39H29F/c1-26-4-8-29(9-5-26)10-21-38-28(3)22-37(25-39(38)40)32-15-13-31(14-16-32)34-18-20-35-23-33(17-19-36(35)24-34)30-11-6-27(2)7-12-30/h4-9,11-20,22-25H,1-3H3. The van der Waals surface area contributed by atoms with Gasteiger partial charge in [0.25, 0.3) is 0 Å². The van der Waals surface area contributed by atoms with E-state index >= 15 is 4.39 Å². The van der Waals surface area contributed by atoms with Gasteiger partial charge in [0.05, 0.1) is 5.56 Å². The second kappa shape index (κ2) is 10.7. The molecule has 0 aromatic heterocycles. The summed E-state index contributed by atoms with van der Waals surface area (Å²) in [6.45, 7) is 6.06.